The molecule has 0 saturated heterocycles. The molecule has 0 aliphatic heterocycles. The van der Waals surface area contributed by atoms with Crippen molar-refractivity contribution in [1.29, 1.82) is 0 Å². The highest BCUT2D eigenvalue weighted by molar-refractivity contribution is 5.99. The van der Waals surface area contributed by atoms with Gasteiger partial charge in [-0.2, -0.15) is 0 Å². The molecule has 0 heterocycles. The van der Waals surface area contributed by atoms with Crippen molar-refractivity contribution in [2.45, 2.75) is 19.8 Å². The van der Waals surface area contributed by atoms with Crippen molar-refractivity contribution in [3.63, 3.8) is 0 Å². The van der Waals surface area contributed by atoms with Crippen LogP contribution in [-0.4, -0.2) is 0 Å². The first-order valence-corrected chi connectivity index (χ1v) is 7.66. The quantitative estimate of drug-likeness (QED) is 0.547. The summed E-state index contributed by atoms with van der Waals surface area (Å²) in [6.07, 6.45) is 4.65. The molecular weight excluding hydrogens is 252 g/mol. The Bertz CT molecular complexity index is 848. The number of allylic oxidation sites excluding steroid dienone is 1. The van der Waals surface area contributed by atoms with Crippen molar-refractivity contribution < 1.29 is 0 Å². The highest BCUT2D eigenvalue weighted by atomic mass is 14.2. The van der Waals surface area contributed by atoms with Crippen LogP contribution in [-0.2, 0) is 6.42 Å². The molecule has 0 aromatic heterocycles. The van der Waals surface area contributed by atoms with E-state index >= 15 is 0 Å². The van der Waals surface area contributed by atoms with E-state index in [4.69, 9.17) is 0 Å². The van der Waals surface area contributed by atoms with E-state index in [-0.39, 0.29) is 0 Å². The third kappa shape index (κ3) is 1.99. The van der Waals surface area contributed by atoms with E-state index in [1.54, 1.807) is 0 Å². The van der Waals surface area contributed by atoms with Gasteiger partial charge in [-0.3, -0.25) is 0 Å². The zero-order valence-corrected chi connectivity index (χ0v) is 12.3. The molecule has 1 aliphatic carbocycles. The lowest BCUT2D eigenvalue weighted by molar-refractivity contribution is 1.04. The van der Waals surface area contributed by atoms with Crippen molar-refractivity contribution in [1.82, 2.24) is 0 Å². The Morgan fingerprint density at radius 1 is 0.810 bits per heavy atom. The van der Waals surface area contributed by atoms with Gasteiger partial charge in [-0.05, 0) is 45.9 Å². The van der Waals surface area contributed by atoms with Crippen molar-refractivity contribution in [3.8, 4) is 11.1 Å². The molecule has 3 aromatic carbocycles. The summed E-state index contributed by atoms with van der Waals surface area (Å²) in [5.74, 6) is 0. The molecule has 0 radical (unpaired) electrons. The van der Waals surface area contributed by atoms with E-state index in [0.717, 1.165) is 12.8 Å². The summed E-state index contributed by atoms with van der Waals surface area (Å²) in [6, 6.07) is 22.0. The van der Waals surface area contributed by atoms with Crippen molar-refractivity contribution in [2.24, 2.45) is 0 Å². The number of rotatable bonds is 2. The summed E-state index contributed by atoms with van der Waals surface area (Å²) < 4.78 is 0. The van der Waals surface area contributed by atoms with Gasteiger partial charge in [-0.15, -0.1) is 0 Å². The highest BCUT2D eigenvalue weighted by Gasteiger charge is 2.16. The van der Waals surface area contributed by atoms with Crippen molar-refractivity contribution in [2.75, 3.05) is 0 Å². The summed E-state index contributed by atoms with van der Waals surface area (Å²) in [6.45, 7) is 2.25. The van der Waals surface area contributed by atoms with Crippen LogP contribution in [0, 0.1) is 0 Å². The molecule has 0 heteroatoms. The highest BCUT2D eigenvalue weighted by Crippen LogP contribution is 2.37. The Hall–Kier alpha value is -2.34. The van der Waals surface area contributed by atoms with Gasteiger partial charge < -0.3 is 0 Å². The van der Waals surface area contributed by atoms with Gasteiger partial charge in [0.1, 0.15) is 0 Å². The van der Waals surface area contributed by atoms with Crippen LogP contribution < -0.4 is 0 Å². The van der Waals surface area contributed by atoms with Crippen LogP contribution in [0.5, 0.6) is 0 Å². The van der Waals surface area contributed by atoms with Crippen LogP contribution in [0.4, 0.5) is 0 Å². The van der Waals surface area contributed by atoms with Crippen LogP contribution in [0.2, 0.25) is 0 Å². The van der Waals surface area contributed by atoms with Gasteiger partial charge in [0.05, 0.1) is 0 Å². The van der Waals surface area contributed by atoms with E-state index in [1.807, 2.05) is 0 Å². The number of hydrogen-bond donors (Lipinski definition) is 0. The lowest BCUT2D eigenvalue weighted by Gasteiger charge is -2.11. The van der Waals surface area contributed by atoms with E-state index in [2.05, 4.69) is 73.7 Å². The van der Waals surface area contributed by atoms with Gasteiger partial charge >= 0.3 is 0 Å². The number of benzene rings is 3. The second-order valence-electron chi connectivity index (χ2n) is 5.74. The molecule has 3 aromatic rings. The molecule has 21 heavy (non-hydrogen) atoms. The second-order valence-corrected chi connectivity index (χ2v) is 5.74. The fourth-order valence-corrected chi connectivity index (χ4v) is 3.36. The van der Waals surface area contributed by atoms with Crippen molar-refractivity contribution >= 4 is 16.8 Å². The Morgan fingerprint density at radius 3 is 2.48 bits per heavy atom. The Balaban J connectivity index is 1.99. The minimum absolute atomic E-state index is 1.12. The first kappa shape index (κ1) is 12.4. The average molecular weight is 270 g/mol. The van der Waals surface area contributed by atoms with Crippen molar-refractivity contribution in [3.05, 3.63) is 77.4 Å². The standard InChI is InChI=1S/C21H18/c1-2-15-13-17-9-6-12-20(21(17)14-15)19-11-5-8-16-7-3-4-10-18(16)19/h3-12,14H,2,13H2,1H3. The second kappa shape index (κ2) is 4.89. The predicted octanol–water partition coefficient (Wildman–Crippen LogP) is 5.86. The van der Waals surface area contributed by atoms with Crippen LogP contribution >= 0.6 is 0 Å². The summed E-state index contributed by atoms with van der Waals surface area (Å²) >= 11 is 0. The van der Waals surface area contributed by atoms with E-state index < -0.39 is 0 Å². The third-order valence-corrected chi connectivity index (χ3v) is 4.50. The lowest BCUT2D eigenvalue weighted by Crippen LogP contribution is -1.88. The van der Waals surface area contributed by atoms with Gasteiger partial charge in [0, 0.05) is 0 Å². The third-order valence-electron chi connectivity index (χ3n) is 4.50. The maximum atomic E-state index is 2.40. The predicted molar refractivity (Wildman–Crippen MR) is 91.4 cm³/mol. The first-order valence-electron chi connectivity index (χ1n) is 7.66. The summed E-state index contributed by atoms with van der Waals surface area (Å²) in [5.41, 5.74) is 7.15. The maximum absolute atomic E-state index is 2.40. The molecule has 0 bridgehead atoms. The van der Waals surface area contributed by atoms with Crippen LogP contribution in [0.15, 0.2) is 66.2 Å². The lowest BCUT2D eigenvalue weighted by atomic mass is 9.93. The molecule has 0 fully saturated rings. The smallest absolute Gasteiger partial charge is 0.00577 e. The molecule has 4 rings (SSSR count). The maximum Gasteiger partial charge on any atom is -0.00577 e. The Morgan fingerprint density at radius 2 is 1.57 bits per heavy atom. The summed E-state index contributed by atoms with van der Waals surface area (Å²) in [5, 5.41) is 2.65. The Labute approximate surface area is 125 Å². The van der Waals surface area contributed by atoms with Crippen LogP contribution in [0.3, 0.4) is 0 Å². The molecule has 0 atom stereocenters. The van der Waals surface area contributed by atoms with Gasteiger partial charge in [0.2, 0.25) is 0 Å². The molecule has 0 saturated carbocycles. The minimum Gasteiger partial charge on any atom is -0.0655 e. The fourth-order valence-electron chi connectivity index (χ4n) is 3.36. The van der Waals surface area contributed by atoms with Gasteiger partial charge in [0.15, 0.2) is 0 Å². The molecule has 0 nitrogen and oxygen atoms in total. The zero-order chi connectivity index (χ0) is 14.2. The molecule has 0 unspecified atom stereocenters. The summed E-state index contributed by atoms with van der Waals surface area (Å²) in [4.78, 5) is 0. The van der Waals surface area contributed by atoms with Gasteiger partial charge in [-0.25, -0.2) is 0 Å². The van der Waals surface area contributed by atoms with Gasteiger partial charge in [-0.1, -0.05) is 79.2 Å². The summed E-state index contributed by atoms with van der Waals surface area (Å²) in [7, 11) is 0. The number of hydrogen-bond acceptors (Lipinski definition) is 0. The van der Waals surface area contributed by atoms with Crippen LogP contribution in [0.25, 0.3) is 28.0 Å². The molecule has 1 aliphatic rings. The molecule has 0 spiro atoms. The average Bonchev–Trinajstić information content (AvgIpc) is 2.97. The Kier molecular flexibility index (Phi) is 2.89. The van der Waals surface area contributed by atoms with E-state index in [0.29, 0.717) is 0 Å². The number of fused-ring (bicyclic) bond motifs is 2. The monoisotopic (exact) mass is 270 g/mol. The minimum atomic E-state index is 1.12. The molecule has 102 valence electrons. The van der Waals surface area contributed by atoms with Crippen LogP contribution in [0.1, 0.15) is 24.5 Å². The van der Waals surface area contributed by atoms with E-state index in [9.17, 15) is 0 Å². The van der Waals surface area contributed by atoms with Gasteiger partial charge in [0.25, 0.3) is 0 Å². The van der Waals surface area contributed by atoms with E-state index in [1.165, 1.54) is 38.6 Å². The fraction of sp³-hybridized carbons (Fsp3) is 0.143. The zero-order valence-electron chi connectivity index (χ0n) is 12.3. The molecule has 0 amide bonds. The topological polar surface area (TPSA) is 0 Å². The largest absolute Gasteiger partial charge is 0.0655 e. The molecule has 0 N–H and O–H groups in total. The SMILES string of the molecule is CCC1=Cc2c(cccc2-c2cccc3ccccc23)C1. The first-order chi connectivity index (χ1) is 10.4. The molecular formula is C21H18. The normalized spacial score (nSPS) is 13.3.